The summed E-state index contributed by atoms with van der Waals surface area (Å²) < 4.78 is 0. The van der Waals surface area contributed by atoms with Crippen molar-refractivity contribution in [2.75, 3.05) is 0 Å². The second-order valence-corrected chi connectivity index (χ2v) is 13.6. The van der Waals surface area contributed by atoms with Gasteiger partial charge in [-0.2, -0.15) is 0 Å². The predicted molar refractivity (Wildman–Crippen MR) is 241 cm³/mol. The average Bonchev–Trinajstić information content (AvgIpc) is 3.23. The standard InChI is InChI=1S/C49H47N5.C2H6/c1-9-11-22-44(32(3)4)47-34(6)46(39-19-13-12-14-20-39)53-48(54-47)40-26-23-37(24-27-40)35(7)51-49(43-28-25-38-18-15-16-21-42(38)29-43)52-36(8)45-30-41(17-10-2)33(5)31-50-45;1-2/h9-31,49,51H,1,7H2,2-6,8H3;1-2H3/b17-10-,22-11-,52-36+;. The van der Waals surface area contributed by atoms with Crippen LogP contribution in [0.15, 0.2) is 157 Å². The molecular formula is C51H53N5. The Hall–Kier alpha value is -6.46. The Morgan fingerprint density at radius 3 is 2.18 bits per heavy atom. The molecule has 56 heavy (non-hydrogen) atoms. The van der Waals surface area contributed by atoms with E-state index in [2.05, 4.69) is 143 Å². The molecule has 4 aromatic carbocycles. The van der Waals surface area contributed by atoms with Crippen LogP contribution in [0.1, 0.15) is 86.9 Å². The summed E-state index contributed by atoms with van der Waals surface area (Å²) in [6, 6.07) is 35.5. The second-order valence-electron chi connectivity index (χ2n) is 13.6. The normalized spacial score (nSPS) is 12.0. The monoisotopic (exact) mass is 735 g/mol. The van der Waals surface area contributed by atoms with Gasteiger partial charge in [0.2, 0.25) is 0 Å². The third-order valence-electron chi connectivity index (χ3n) is 9.46. The molecule has 0 aliphatic rings. The number of aryl methyl sites for hydroxylation is 1. The molecule has 0 amide bonds. The SMILES string of the molecule is C=C/C=C\C(=C(C)C)c1nc(-c2ccc(C(=C)NC(/N=C(\C)c3cc(/C=C\C)c(C)cn3)c3ccc4ccccc4c3)cc2)nc(-c2ccccc2)c1C.CC. The first-order valence-corrected chi connectivity index (χ1v) is 19.3. The molecule has 5 heteroatoms. The summed E-state index contributed by atoms with van der Waals surface area (Å²) in [6.45, 7) is 24.8. The van der Waals surface area contributed by atoms with Crippen LogP contribution in [0.25, 0.3) is 50.8 Å². The van der Waals surface area contributed by atoms with Crippen LogP contribution in [-0.4, -0.2) is 20.7 Å². The van der Waals surface area contributed by atoms with Gasteiger partial charge in [0.15, 0.2) is 5.82 Å². The Labute approximate surface area is 333 Å². The van der Waals surface area contributed by atoms with Crippen molar-refractivity contribution >= 4 is 33.8 Å². The van der Waals surface area contributed by atoms with Gasteiger partial charge in [0, 0.05) is 28.6 Å². The first-order valence-electron chi connectivity index (χ1n) is 19.3. The molecule has 0 bridgehead atoms. The fraction of sp³-hybridized carbons (Fsp3) is 0.176. The number of fused-ring (bicyclic) bond motifs is 1. The molecule has 0 radical (unpaired) electrons. The van der Waals surface area contributed by atoms with Gasteiger partial charge in [-0.15, -0.1) is 0 Å². The fourth-order valence-electron chi connectivity index (χ4n) is 6.42. The summed E-state index contributed by atoms with van der Waals surface area (Å²) in [5.41, 5.74) is 13.6. The summed E-state index contributed by atoms with van der Waals surface area (Å²) in [5, 5.41) is 5.97. The van der Waals surface area contributed by atoms with Crippen LogP contribution in [0.2, 0.25) is 0 Å². The molecule has 2 heterocycles. The van der Waals surface area contributed by atoms with Gasteiger partial charge >= 0.3 is 0 Å². The van der Waals surface area contributed by atoms with Crippen LogP contribution >= 0.6 is 0 Å². The number of hydrogen-bond donors (Lipinski definition) is 1. The number of rotatable bonds is 12. The lowest BCUT2D eigenvalue weighted by Gasteiger charge is -2.20. The summed E-state index contributed by atoms with van der Waals surface area (Å²) in [4.78, 5) is 20.2. The van der Waals surface area contributed by atoms with E-state index in [4.69, 9.17) is 19.9 Å². The lowest BCUT2D eigenvalue weighted by molar-refractivity contribution is 0.671. The van der Waals surface area contributed by atoms with Gasteiger partial charge in [0.25, 0.3) is 0 Å². The average molecular weight is 736 g/mol. The predicted octanol–water partition coefficient (Wildman–Crippen LogP) is 13.3. The minimum absolute atomic E-state index is 0.405. The minimum atomic E-state index is -0.405. The molecule has 6 rings (SSSR count). The minimum Gasteiger partial charge on any atom is -0.360 e. The molecule has 1 N–H and O–H groups in total. The molecule has 2 aromatic heterocycles. The van der Waals surface area contributed by atoms with Crippen LogP contribution in [0.4, 0.5) is 0 Å². The maximum atomic E-state index is 5.22. The van der Waals surface area contributed by atoms with Gasteiger partial charge in [-0.3, -0.25) is 9.98 Å². The smallest absolute Gasteiger partial charge is 0.160 e. The van der Waals surface area contributed by atoms with Gasteiger partial charge in [-0.1, -0.05) is 154 Å². The van der Waals surface area contributed by atoms with Gasteiger partial charge in [0.1, 0.15) is 6.17 Å². The van der Waals surface area contributed by atoms with Crippen molar-refractivity contribution in [2.24, 2.45) is 4.99 Å². The van der Waals surface area contributed by atoms with Crippen molar-refractivity contribution in [1.29, 1.82) is 0 Å². The maximum Gasteiger partial charge on any atom is 0.160 e. The molecule has 1 atom stereocenters. The topological polar surface area (TPSA) is 63.1 Å². The Balaban J connectivity index is 0.00000295. The third kappa shape index (κ3) is 9.60. The number of aliphatic imine (C=N–C) groups is 1. The van der Waals surface area contributed by atoms with E-state index < -0.39 is 6.17 Å². The van der Waals surface area contributed by atoms with Gasteiger partial charge < -0.3 is 5.32 Å². The Morgan fingerprint density at radius 2 is 1.50 bits per heavy atom. The van der Waals surface area contributed by atoms with E-state index in [9.17, 15) is 0 Å². The number of hydrogen-bond acceptors (Lipinski definition) is 5. The van der Waals surface area contributed by atoms with E-state index in [1.54, 1.807) is 6.08 Å². The highest BCUT2D eigenvalue weighted by Crippen LogP contribution is 2.32. The van der Waals surface area contributed by atoms with Crippen LogP contribution in [0.5, 0.6) is 0 Å². The molecular weight excluding hydrogens is 683 g/mol. The molecule has 0 aliphatic heterocycles. The Kier molecular flexibility index (Phi) is 14.0. The molecule has 1 unspecified atom stereocenters. The quantitative estimate of drug-likeness (QED) is 0.100. The lowest BCUT2D eigenvalue weighted by atomic mass is 9.97. The molecule has 5 nitrogen and oxygen atoms in total. The van der Waals surface area contributed by atoms with Crippen LogP contribution in [0, 0.1) is 13.8 Å². The van der Waals surface area contributed by atoms with E-state index in [-0.39, 0.29) is 0 Å². The molecule has 0 saturated carbocycles. The third-order valence-corrected chi connectivity index (χ3v) is 9.46. The largest absolute Gasteiger partial charge is 0.360 e. The molecule has 282 valence electrons. The van der Waals surface area contributed by atoms with Gasteiger partial charge in [-0.25, -0.2) is 9.97 Å². The second kappa shape index (κ2) is 19.2. The van der Waals surface area contributed by atoms with Crippen molar-refractivity contribution in [3.8, 4) is 22.6 Å². The number of nitrogens with one attached hydrogen (secondary N) is 1. The number of allylic oxidation sites excluding steroid dienone is 6. The highest BCUT2D eigenvalue weighted by Gasteiger charge is 2.18. The summed E-state index contributed by atoms with van der Waals surface area (Å²) in [6.07, 6.45) is 11.5. The van der Waals surface area contributed by atoms with Crippen molar-refractivity contribution < 1.29 is 0 Å². The van der Waals surface area contributed by atoms with Crippen molar-refractivity contribution in [1.82, 2.24) is 20.3 Å². The lowest BCUT2D eigenvalue weighted by Crippen LogP contribution is -2.19. The zero-order valence-electron chi connectivity index (χ0n) is 34.1. The molecule has 0 fully saturated rings. The fourth-order valence-corrected chi connectivity index (χ4v) is 6.42. The van der Waals surface area contributed by atoms with E-state index in [0.29, 0.717) is 5.82 Å². The maximum absolute atomic E-state index is 5.22. The van der Waals surface area contributed by atoms with Crippen molar-refractivity contribution in [2.45, 2.75) is 61.6 Å². The van der Waals surface area contributed by atoms with Crippen LogP contribution < -0.4 is 5.32 Å². The van der Waals surface area contributed by atoms with Crippen LogP contribution in [0.3, 0.4) is 0 Å². The van der Waals surface area contributed by atoms with E-state index in [0.717, 1.165) is 84.0 Å². The van der Waals surface area contributed by atoms with Gasteiger partial charge in [0.05, 0.1) is 22.8 Å². The van der Waals surface area contributed by atoms with Gasteiger partial charge in [-0.05, 0) is 92.3 Å². The summed E-state index contributed by atoms with van der Waals surface area (Å²) in [5.74, 6) is 0.655. The first kappa shape index (κ1) is 40.7. The number of nitrogens with zero attached hydrogens (tertiary/aromatic N) is 4. The number of pyridine rings is 1. The Morgan fingerprint density at radius 1 is 0.804 bits per heavy atom. The Bertz CT molecular complexity index is 2440. The zero-order valence-corrected chi connectivity index (χ0v) is 34.1. The van der Waals surface area contributed by atoms with E-state index in [1.807, 2.05) is 64.2 Å². The molecule has 0 aliphatic carbocycles. The summed E-state index contributed by atoms with van der Waals surface area (Å²) in [7, 11) is 0. The summed E-state index contributed by atoms with van der Waals surface area (Å²) >= 11 is 0. The zero-order chi connectivity index (χ0) is 40.2. The van der Waals surface area contributed by atoms with E-state index in [1.165, 1.54) is 5.39 Å². The highest BCUT2D eigenvalue weighted by atomic mass is 15.1. The first-order chi connectivity index (χ1) is 27.2. The van der Waals surface area contributed by atoms with E-state index >= 15 is 0 Å². The molecule has 0 saturated heterocycles. The number of aromatic nitrogens is 3. The highest BCUT2D eigenvalue weighted by molar-refractivity contribution is 5.97. The van der Waals surface area contributed by atoms with Crippen LogP contribution in [-0.2, 0) is 0 Å². The molecule has 0 spiro atoms. The molecule has 6 aromatic rings. The van der Waals surface area contributed by atoms with Crippen molar-refractivity contribution in [3.05, 3.63) is 192 Å². The number of benzene rings is 4. The van der Waals surface area contributed by atoms with Crippen molar-refractivity contribution in [3.63, 3.8) is 0 Å².